The lowest BCUT2D eigenvalue weighted by molar-refractivity contribution is -0.124. The van der Waals surface area contributed by atoms with Gasteiger partial charge in [0.2, 0.25) is 5.91 Å². The van der Waals surface area contributed by atoms with Crippen LogP contribution in [-0.4, -0.2) is 54.1 Å². The van der Waals surface area contributed by atoms with Crippen LogP contribution in [0.3, 0.4) is 0 Å². The van der Waals surface area contributed by atoms with Gasteiger partial charge in [-0.1, -0.05) is 6.08 Å². The molecule has 0 aromatic heterocycles. The molecular weight excluding hydrogens is 442 g/mol. The minimum Gasteiger partial charge on any atom is -0.497 e. The van der Waals surface area contributed by atoms with Crippen molar-refractivity contribution < 1.29 is 23.9 Å². The van der Waals surface area contributed by atoms with Crippen LogP contribution in [0.1, 0.15) is 23.7 Å². The lowest BCUT2D eigenvalue weighted by Crippen LogP contribution is -2.37. The van der Waals surface area contributed by atoms with Crippen LogP contribution in [0.25, 0.3) is 0 Å². The van der Waals surface area contributed by atoms with E-state index in [1.54, 1.807) is 73.5 Å². The molecule has 1 aliphatic heterocycles. The van der Waals surface area contributed by atoms with Crippen LogP contribution < -0.4 is 15.0 Å². The number of methoxy groups -OCH3 is 1. The summed E-state index contributed by atoms with van der Waals surface area (Å²) in [5, 5.41) is 3.06. The number of hydrogen-bond donors (Lipinski definition) is 1. The summed E-state index contributed by atoms with van der Waals surface area (Å²) in [6.45, 7) is 6.04. The molecule has 0 bridgehead atoms. The van der Waals surface area contributed by atoms with Crippen LogP contribution >= 0.6 is 12.2 Å². The van der Waals surface area contributed by atoms with Gasteiger partial charge in [-0.05, 0) is 67.7 Å². The van der Waals surface area contributed by atoms with Gasteiger partial charge in [0.05, 0.1) is 31.4 Å². The summed E-state index contributed by atoms with van der Waals surface area (Å²) in [6.07, 6.45) is 1.54. The van der Waals surface area contributed by atoms with Gasteiger partial charge in [0, 0.05) is 12.2 Å². The van der Waals surface area contributed by atoms with E-state index in [1.165, 1.54) is 4.90 Å². The molecule has 1 aliphatic rings. The third kappa shape index (κ3) is 5.38. The lowest BCUT2D eigenvalue weighted by atomic mass is 10.1. The van der Waals surface area contributed by atoms with Crippen LogP contribution in [0.5, 0.6) is 5.75 Å². The van der Waals surface area contributed by atoms with E-state index in [2.05, 4.69) is 11.9 Å². The van der Waals surface area contributed by atoms with Crippen LogP contribution in [0, 0.1) is 0 Å². The summed E-state index contributed by atoms with van der Waals surface area (Å²) in [4.78, 5) is 40.9. The average molecular weight is 468 g/mol. The molecular formula is C24H25N3O5S. The first-order valence-electron chi connectivity index (χ1n) is 10.4. The zero-order valence-electron chi connectivity index (χ0n) is 18.4. The van der Waals surface area contributed by atoms with Gasteiger partial charge in [0.25, 0.3) is 5.91 Å². The number of esters is 1. The van der Waals surface area contributed by atoms with Gasteiger partial charge in [-0.3, -0.25) is 14.5 Å². The first-order valence-corrected chi connectivity index (χ1v) is 10.8. The smallest absolute Gasteiger partial charge is 0.338 e. The van der Waals surface area contributed by atoms with Gasteiger partial charge in [0.15, 0.2) is 5.11 Å². The highest BCUT2D eigenvalue weighted by Gasteiger charge is 2.43. The van der Waals surface area contributed by atoms with Crippen molar-refractivity contribution in [2.75, 3.05) is 30.5 Å². The number of ether oxygens (including phenoxy) is 2. The molecule has 0 saturated carbocycles. The molecule has 2 aromatic carbocycles. The van der Waals surface area contributed by atoms with Gasteiger partial charge in [-0.15, -0.1) is 6.58 Å². The van der Waals surface area contributed by atoms with Crippen molar-refractivity contribution in [1.29, 1.82) is 0 Å². The molecule has 0 spiro atoms. The molecule has 1 saturated heterocycles. The number of carbonyl (C=O) groups excluding carboxylic acids is 3. The molecule has 0 unspecified atom stereocenters. The Bertz CT molecular complexity index is 1050. The van der Waals surface area contributed by atoms with E-state index < -0.39 is 12.0 Å². The van der Waals surface area contributed by atoms with E-state index >= 15 is 0 Å². The first kappa shape index (κ1) is 23.9. The summed E-state index contributed by atoms with van der Waals surface area (Å²) in [7, 11) is 1.56. The standard InChI is InChI=1S/C24H25N3O5S/c1-4-14-26-20(15-21(28)25-17-8-12-19(31-3)13-9-17)22(29)27(24(26)33)18-10-6-16(7-11-18)23(30)32-5-2/h4,6-13,20H,1,5,14-15H2,2-3H3,(H,25,28)/t20-/m0/s1. The highest BCUT2D eigenvalue weighted by Crippen LogP contribution is 2.28. The second-order valence-electron chi connectivity index (χ2n) is 7.16. The third-order valence-corrected chi connectivity index (χ3v) is 5.45. The van der Waals surface area contributed by atoms with Crippen molar-refractivity contribution in [3.8, 4) is 5.75 Å². The highest BCUT2D eigenvalue weighted by molar-refractivity contribution is 7.80. The van der Waals surface area contributed by atoms with E-state index in [0.717, 1.165) is 0 Å². The highest BCUT2D eigenvalue weighted by atomic mass is 32.1. The number of thiocarbonyl (C=S) groups is 1. The molecule has 33 heavy (non-hydrogen) atoms. The molecule has 1 heterocycles. The molecule has 9 heteroatoms. The summed E-state index contributed by atoms with van der Waals surface area (Å²) < 4.78 is 10.1. The van der Waals surface area contributed by atoms with Crippen LogP contribution in [0.15, 0.2) is 61.2 Å². The lowest BCUT2D eigenvalue weighted by Gasteiger charge is -2.22. The molecule has 3 rings (SSSR count). The maximum Gasteiger partial charge on any atom is 0.338 e. The average Bonchev–Trinajstić information content (AvgIpc) is 3.04. The summed E-state index contributed by atoms with van der Waals surface area (Å²) >= 11 is 5.55. The van der Waals surface area contributed by atoms with Crippen molar-refractivity contribution in [2.24, 2.45) is 0 Å². The fourth-order valence-corrected chi connectivity index (χ4v) is 3.84. The summed E-state index contributed by atoms with van der Waals surface area (Å²) in [5.74, 6) is -0.419. The monoisotopic (exact) mass is 467 g/mol. The quantitative estimate of drug-likeness (QED) is 0.344. The SMILES string of the molecule is C=CCN1C(=S)N(c2ccc(C(=O)OCC)cc2)C(=O)[C@@H]1CC(=O)Nc1ccc(OC)cc1. The van der Waals surface area contributed by atoms with Gasteiger partial charge in [-0.25, -0.2) is 4.79 Å². The minimum atomic E-state index is -0.779. The number of benzene rings is 2. The Balaban J connectivity index is 1.76. The second-order valence-corrected chi connectivity index (χ2v) is 7.53. The van der Waals surface area contributed by atoms with E-state index in [4.69, 9.17) is 21.7 Å². The molecule has 2 aromatic rings. The molecule has 2 amide bonds. The maximum absolute atomic E-state index is 13.3. The van der Waals surface area contributed by atoms with E-state index in [-0.39, 0.29) is 30.0 Å². The number of anilines is 2. The van der Waals surface area contributed by atoms with Crippen LogP contribution in [0.4, 0.5) is 11.4 Å². The van der Waals surface area contributed by atoms with Gasteiger partial charge >= 0.3 is 5.97 Å². The van der Waals surface area contributed by atoms with E-state index in [9.17, 15) is 14.4 Å². The zero-order valence-corrected chi connectivity index (χ0v) is 19.3. The predicted octanol–water partition coefficient (Wildman–Crippen LogP) is 3.39. The van der Waals surface area contributed by atoms with Gasteiger partial charge < -0.3 is 19.7 Å². The minimum absolute atomic E-state index is 0.0871. The second kappa shape index (κ2) is 10.7. The van der Waals surface area contributed by atoms with Gasteiger partial charge in [0.1, 0.15) is 11.8 Å². The van der Waals surface area contributed by atoms with Crippen molar-refractivity contribution in [2.45, 2.75) is 19.4 Å². The van der Waals surface area contributed by atoms with Crippen LogP contribution in [0.2, 0.25) is 0 Å². The Hall–Kier alpha value is -3.72. The maximum atomic E-state index is 13.3. The Labute approximate surface area is 197 Å². The number of nitrogens with one attached hydrogen (secondary N) is 1. The summed E-state index contributed by atoms with van der Waals surface area (Å²) in [5.41, 5.74) is 1.47. The molecule has 1 atom stereocenters. The molecule has 8 nitrogen and oxygen atoms in total. The molecule has 0 aliphatic carbocycles. The fraction of sp³-hybridized carbons (Fsp3) is 0.250. The van der Waals surface area contributed by atoms with E-state index in [0.29, 0.717) is 29.2 Å². The van der Waals surface area contributed by atoms with Crippen LogP contribution in [-0.2, 0) is 14.3 Å². The Morgan fingerprint density at radius 1 is 1.15 bits per heavy atom. The van der Waals surface area contributed by atoms with Crippen molar-refractivity contribution in [1.82, 2.24) is 4.90 Å². The Morgan fingerprint density at radius 2 is 1.82 bits per heavy atom. The number of amides is 2. The number of hydrogen-bond acceptors (Lipinski definition) is 6. The Morgan fingerprint density at radius 3 is 2.39 bits per heavy atom. The normalized spacial score (nSPS) is 15.4. The zero-order chi connectivity index (χ0) is 24.0. The third-order valence-electron chi connectivity index (χ3n) is 5.03. The van der Waals surface area contributed by atoms with Crippen molar-refractivity contribution in [3.05, 3.63) is 66.7 Å². The Kier molecular flexibility index (Phi) is 7.78. The topological polar surface area (TPSA) is 88.2 Å². The number of nitrogens with zero attached hydrogens (tertiary/aromatic N) is 2. The molecule has 1 fully saturated rings. The van der Waals surface area contributed by atoms with Gasteiger partial charge in [-0.2, -0.15) is 0 Å². The fourth-order valence-electron chi connectivity index (χ4n) is 3.44. The van der Waals surface area contributed by atoms with Crippen molar-refractivity contribution in [3.63, 3.8) is 0 Å². The van der Waals surface area contributed by atoms with Crippen molar-refractivity contribution >= 4 is 46.5 Å². The first-order chi connectivity index (χ1) is 15.9. The molecule has 0 radical (unpaired) electrons. The largest absolute Gasteiger partial charge is 0.497 e. The molecule has 172 valence electrons. The number of carbonyl (C=O) groups is 3. The van der Waals surface area contributed by atoms with E-state index in [1.807, 2.05) is 0 Å². The summed E-state index contributed by atoms with van der Waals surface area (Å²) in [6, 6.07) is 12.5. The number of rotatable bonds is 9. The molecule has 1 N–H and O–H groups in total. The predicted molar refractivity (Wildman–Crippen MR) is 129 cm³/mol.